The summed E-state index contributed by atoms with van der Waals surface area (Å²) < 4.78 is 38.7. The number of nitrogens with one attached hydrogen (secondary N) is 1. The Hall–Kier alpha value is -1.85. The highest BCUT2D eigenvalue weighted by Crippen LogP contribution is 2.31. The highest BCUT2D eigenvalue weighted by atomic mass is 19.4. The van der Waals surface area contributed by atoms with Gasteiger partial charge in [-0.2, -0.15) is 13.2 Å². The topological polar surface area (TPSA) is 32.3 Å². The molecule has 2 rings (SSSR count). The van der Waals surface area contributed by atoms with Crippen LogP contribution in [-0.4, -0.2) is 11.7 Å². The van der Waals surface area contributed by atoms with Crippen molar-refractivity contribution < 1.29 is 18.3 Å². The molecule has 1 atom stereocenters. The van der Waals surface area contributed by atoms with Gasteiger partial charge in [-0.05, 0) is 24.1 Å². The fourth-order valence-electron chi connectivity index (χ4n) is 2.29. The molecule has 0 aliphatic rings. The van der Waals surface area contributed by atoms with Gasteiger partial charge in [0.15, 0.2) is 0 Å². The van der Waals surface area contributed by atoms with E-state index in [0.29, 0.717) is 5.56 Å². The number of rotatable bonds is 5. The van der Waals surface area contributed by atoms with Crippen molar-refractivity contribution in [3.8, 4) is 0 Å². The molecule has 22 heavy (non-hydrogen) atoms. The van der Waals surface area contributed by atoms with E-state index in [-0.39, 0.29) is 18.7 Å². The standard InChI is InChI=1S/C17H18F3NO/c1-16(22,14-8-3-2-4-9-14)12-21-11-13-7-5-6-10-15(13)17(18,19)20/h2-10,21-22H,11-12H2,1H3. The van der Waals surface area contributed by atoms with E-state index in [1.165, 1.54) is 12.1 Å². The lowest BCUT2D eigenvalue weighted by molar-refractivity contribution is -0.138. The lowest BCUT2D eigenvalue weighted by atomic mass is 9.96. The van der Waals surface area contributed by atoms with Gasteiger partial charge < -0.3 is 10.4 Å². The summed E-state index contributed by atoms with van der Waals surface area (Å²) >= 11 is 0. The molecule has 1 unspecified atom stereocenters. The smallest absolute Gasteiger partial charge is 0.384 e. The normalized spacial score (nSPS) is 14.6. The molecule has 0 amide bonds. The molecule has 0 aromatic heterocycles. The second-order valence-corrected chi connectivity index (χ2v) is 5.40. The minimum atomic E-state index is -4.37. The van der Waals surface area contributed by atoms with Crippen molar-refractivity contribution in [2.24, 2.45) is 0 Å². The van der Waals surface area contributed by atoms with Crippen LogP contribution in [0.3, 0.4) is 0 Å². The first-order valence-electron chi connectivity index (χ1n) is 6.94. The van der Waals surface area contributed by atoms with Crippen molar-refractivity contribution in [1.29, 1.82) is 0 Å². The molecule has 2 aromatic carbocycles. The van der Waals surface area contributed by atoms with E-state index < -0.39 is 17.3 Å². The Labute approximate surface area is 127 Å². The van der Waals surface area contributed by atoms with Gasteiger partial charge in [0.05, 0.1) is 11.2 Å². The number of alkyl halides is 3. The van der Waals surface area contributed by atoms with Crippen LogP contribution < -0.4 is 5.32 Å². The molecule has 0 fully saturated rings. The molecule has 0 aliphatic carbocycles. The molecular weight excluding hydrogens is 291 g/mol. The molecule has 2 nitrogen and oxygen atoms in total. The van der Waals surface area contributed by atoms with Crippen molar-refractivity contribution in [2.45, 2.75) is 25.2 Å². The van der Waals surface area contributed by atoms with E-state index in [1.807, 2.05) is 18.2 Å². The lowest BCUT2D eigenvalue weighted by Crippen LogP contribution is -2.35. The van der Waals surface area contributed by atoms with Crippen LogP contribution in [0.4, 0.5) is 13.2 Å². The lowest BCUT2D eigenvalue weighted by Gasteiger charge is -2.24. The van der Waals surface area contributed by atoms with E-state index in [1.54, 1.807) is 25.1 Å². The maximum absolute atomic E-state index is 12.9. The summed E-state index contributed by atoms with van der Waals surface area (Å²) in [5.41, 5.74) is -0.915. The summed E-state index contributed by atoms with van der Waals surface area (Å²) in [5.74, 6) is 0. The van der Waals surface area contributed by atoms with Crippen LogP contribution in [0, 0.1) is 0 Å². The number of aliphatic hydroxyl groups is 1. The van der Waals surface area contributed by atoms with Crippen molar-refractivity contribution in [3.63, 3.8) is 0 Å². The predicted molar refractivity (Wildman–Crippen MR) is 79.2 cm³/mol. The fourth-order valence-corrected chi connectivity index (χ4v) is 2.29. The second kappa shape index (κ2) is 6.50. The molecular formula is C17H18F3NO. The predicted octanol–water partition coefficient (Wildman–Crippen LogP) is 3.70. The molecule has 0 spiro atoms. The van der Waals surface area contributed by atoms with E-state index in [2.05, 4.69) is 5.32 Å². The highest BCUT2D eigenvalue weighted by Gasteiger charge is 2.32. The van der Waals surface area contributed by atoms with Crippen LogP contribution in [0.25, 0.3) is 0 Å². The Morgan fingerprint density at radius 3 is 2.18 bits per heavy atom. The Balaban J connectivity index is 2.03. The number of hydrogen-bond donors (Lipinski definition) is 2. The first kappa shape index (κ1) is 16.5. The molecule has 0 saturated heterocycles. The summed E-state index contributed by atoms with van der Waals surface area (Å²) in [6.07, 6.45) is -4.37. The first-order valence-corrected chi connectivity index (χ1v) is 6.94. The highest BCUT2D eigenvalue weighted by molar-refractivity contribution is 5.29. The number of benzene rings is 2. The average Bonchev–Trinajstić information content (AvgIpc) is 2.47. The first-order chi connectivity index (χ1) is 10.3. The van der Waals surface area contributed by atoms with Crippen molar-refractivity contribution in [3.05, 3.63) is 71.3 Å². The van der Waals surface area contributed by atoms with Crippen LogP contribution in [-0.2, 0) is 18.3 Å². The molecule has 118 valence electrons. The van der Waals surface area contributed by atoms with Gasteiger partial charge in [0.25, 0.3) is 0 Å². The Morgan fingerprint density at radius 2 is 1.55 bits per heavy atom. The zero-order chi connectivity index (χ0) is 16.2. The van der Waals surface area contributed by atoms with Crippen LogP contribution >= 0.6 is 0 Å². The van der Waals surface area contributed by atoms with Gasteiger partial charge in [0.2, 0.25) is 0 Å². The molecule has 0 saturated carbocycles. The van der Waals surface area contributed by atoms with Gasteiger partial charge in [0, 0.05) is 13.1 Å². The largest absolute Gasteiger partial charge is 0.416 e. The summed E-state index contributed by atoms with van der Waals surface area (Å²) in [6, 6.07) is 14.5. The zero-order valence-corrected chi connectivity index (χ0v) is 12.2. The number of hydrogen-bond acceptors (Lipinski definition) is 2. The second-order valence-electron chi connectivity index (χ2n) is 5.40. The van der Waals surface area contributed by atoms with Crippen molar-refractivity contribution >= 4 is 0 Å². The van der Waals surface area contributed by atoms with E-state index in [9.17, 15) is 18.3 Å². The van der Waals surface area contributed by atoms with E-state index >= 15 is 0 Å². The summed E-state index contributed by atoms with van der Waals surface area (Å²) in [6.45, 7) is 1.83. The Kier molecular flexibility index (Phi) is 4.88. The quantitative estimate of drug-likeness (QED) is 0.882. The molecule has 0 heterocycles. The van der Waals surface area contributed by atoms with E-state index in [4.69, 9.17) is 0 Å². The third-order valence-corrected chi connectivity index (χ3v) is 3.50. The summed E-state index contributed by atoms with van der Waals surface area (Å²) in [4.78, 5) is 0. The minimum Gasteiger partial charge on any atom is -0.384 e. The minimum absolute atomic E-state index is 0.0403. The van der Waals surface area contributed by atoms with Crippen LogP contribution in [0.5, 0.6) is 0 Å². The molecule has 0 radical (unpaired) electrons. The molecule has 5 heteroatoms. The van der Waals surface area contributed by atoms with Gasteiger partial charge in [-0.15, -0.1) is 0 Å². The van der Waals surface area contributed by atoms with Gasteiger partial charge in [0.1, 0.15) is 0 Å². The van der Waals surface area contributed by atoms with Gasteiger partial charge in [-0.1, -0.05) is 48.5 Å². The maximum Gasteiger partial charge on any atom is 0.416 e. The van der Waals surface area contributed by atoms with Crippen LogP contribution in [0.2, 0.25) is 0 Å². The van der Waals surface area contributed by atoms with Crippen LogP contribution in [0.1, 0.15) is 23.6 Å². The SMILES string of the molecule is CC(O)(CNCc1ccccc1C(F)(F)F)c1ccccc1. The molecule has 0 aliphatic heterocycles. The summed E-state index contributed by atoms with van der Waals surface area (Å²) in [7, 11) is 0. The van der Waals surface area contributed by atoms with Gasteiger partial charge in [-0.3, -0.25) is 0 Å². The average molecular weight is 309 g/mol. The van der Waals surface area contributed by atoms with E-state index in [0.717, 1.165) is 6.07 Å². The van der Waals surface area contributed by atoms with Crippen LogP contribution in [0.15, 0.2) is 54.6 Å². The third-order valence-electron chi connectivity index (χ3n) is 3.50. The van der Waals surface area contributed by atoms with Gasteiger partial charge >= 0.3 is 6.18 Å². The molecule has 2 aromatic rings. The molecule has 2 N–H and O–H groups in total. The Morgan fingerprint density at radius 1 is 0.955 bits per heavy atom. The fraction of sp³-hybridized carbons (Fsp3) is 0.294. The number of halogens is 3. The van der Waals surface area contributed by atoms with Crippen molar-refractivity contribution in [1.82, 2.24) is 5.32 Å². The molecule has 0 bridgehead atoms. The van der Waals surface area contributed by atoms with Crippen molar-refractivity contribution in [2.75, 3.05) is 6.54 Å². The van der Waals surface area contributed by atoms with Gasteiger partial charge in [-0.25, -0.2) is 0 Å². The third kappa shape index (κ3) is 4.08. The zero-order valence-electron chi connectivity index (χ0n) is 12.2. The monoisotopic (exact) mass is 309 g/mol. The Bertz CT molecular complexity index is 609. The summed E-state index contributed by atoms with van der Waals surface area (Å²) in [5, 5.41) is 13.3. The maximum atomic E-state index is 12.9.